The van der Waals surface area contributed by atoms with Crippen molar-refractivity contribution in [2.24, 2.45) is 0 Å². The highest BCUT2D eigenvalue weighted by atomic mass is 15.0. The first-order chi connectivity index (χ1) is 32.7. The second-order valence-electron chi connectivity index (χ2n) is 19.3. The number of para-hydroxylation sites is 2. The summed E-state index contributed by atoms with van der Waals surface area (Å²) in [6.45, 7) is 0. The van der Waals surface area contributed by atoms with Crippen molar-refractivity contribution in [1.82, 2.24) is 9.13 Å². The number of hydrogen-bond donors (Lipinski definition) is 0. The summed E-state index contributed by atoms with van der Waals surface area (Å²) in [5, 5.41) is 5.09. The maximum Gasteiger partial charge on any atom is 0.0641 e. The van der Waals surface area contributed by atoms with Crippen molar-refractivity contribution in [3.05, 3.63) is 216 Å². The van der Waals surface area contributed by atoms with Crippen molar-refractivity contribution >= 4 is 43.6 Å². The number of aromatic nitrogens is 2. The summed E-state index contributed by atoms with van der Waals surface area (Å²) in [5.41, 5.74) is 25.4. The Labute approximate surface area is 386 Å². The number of aryl methyl sites for hydroxylation is 4. The molecule has 0 amide bonds. The molecule has 0 spiro atoms. The van der Waals surface area contributed by atoms with E-state index >= 15 is 0 Å². The molecule has 14 rings (SSSR count). The van der Waals surface area contributed by atoms with Gasteiger partial charge in [0.05, 0.1) is 22.1 Å². The summed E-state index contributed by atoms with van der Waals surface area (Å²) in [6, 6.07) is 71.9. The van der Waals surface area contributed by atoms with E-state index in [9.17, 15) is 0 Å². The van der Waals surface area contributed by atoms with Gasteiger partial charge in [0, 0.05) is 32.9 Å². The number of benzene rings is 9. The first kappa shape index (κ1) is 37.9. The van der Waals surface area contributed by atoms with Crippen LogP contribution in [0.25, 0.3) is 99.5 Å². The molecule has 0 aliphatic heterocycles. The molecule has 0 radical (unpaired) electrons. The molecule has 0 unspecified atom stereocenters. The zero-order valence-electron chi connectivity index (χ0n) is 37.2. The molecule has 0 bridgehead atoms. The Bertz CT molecular complexity index is 3740. The second-order valence-corrected chi connectivity index (χ2v) is 19.3. The molecule has 316 valence electrons. The van der Waals surface area contributed by atoms with Crippen LogP contribution in [0.2, 0.25) is 0 Å². The Hall–Kier alpha value is -7.42. The van der Waals surface area contributed by atoms with Crippen LogP contribution < -0.4 is 0 Å². The van der Waals surface area contributed by atoms with E-state index in [1.807, 2.05) is 0 Å². The summed E-state index contributed by atoms with van der Waals surface area (Å²) in [4.78, 5) is 0. The lowest BCUT2D eigenvalue weighted by molar-refractivity contribution is 0.445. The van der Waals surface area contributed by atoms with Crippen LogP contribution in [0.3, 0.4) is 0 Å². The van der Waals surface area contributed by atoms with Crippen molar-refractivity contribution in [1.29, 1.82) is 0 Å². The van der Waals surface area contributed by atoms with Gasteiger partial charge in [0.2, 0.25) is 0 Å². The van der Waals surface area contributed by atoms with Crippen LogP contribution in [0.4, 0.5) is 0 Å². The number of fused-ring (bicyclic) bond motifs is 9. The first-order valence-corrected chi connectivity index (χ1v) is 24.4. The second kappa shape index (κ2) is 15.1. The zero-order chi connectivity index (χ0) is 43.3. The Morgan fingerprint density at radius 1 is 0.333 bits per heavy atom. The maximum absolute atomic E-state index is 2.61. The van der Waals surface area contributed by atoms with Gasteiger partial charge in [0.15, 0.2) is 0 Å². The minimum absolute atomic E-state index is 0.527. The van der Waals surface area contributed by atoms with Gasteiger partial charge in [-0.2, -0.15) is 0 Å². The summed E-state index contributed by atoms with van der Waals surface area (Å²) in [6.07, 6.45) is 11.2. The van der Waals surface area contributed by atoms with E-state index in [-0.39, 0.29) is 0 Å². The Morgan fingerprint density at radius 3 is 1.70 bits per heavy atom. The average molecular weight is 847 g/mol. The van der Waals surface area contributed by atoms with Gasteiger partial charge in [-0.3, -0.25) is 0 Å². The van der Waals surface area contributed by atoms with Gasteiger partial charge in [0.1, 0.15) is 0 Å². The van der Waals surface area contributed by atoms with Gasteiger partial charge in [-0.15, -0.1) is 0 Å². The minimum Gasteiger partial charge on any atom is -0.309 e. The predicted molar refractivity (Wildman–Crippen MR) is 278 cm³/mol. The van der Waals surface area contributed by atoms with Crippen molar-refractivity contribution in [3.63, 3.8) is 0 Å². The SMILES string of the molecule is c1ccc(-c2cccc(-n3c4ccccc4c4c3ccc3c5ccccc5n(-c5cc(-c6ccc7c(c6)CC7)cc(-c6cccc(-c7ccc8c(c7)CC8)c6C6CCCCC6)c5)c34)c2)cc1. The molecule has 0 atom stereocenters. The molecule has 3 aliphatic rings. The van der Waals surface area contributed by atoms with Gasteiger partial charge in [-0.25, -0.2) is 0 Å². The van der Waals surface area contributed by atoms with Gasteiger partial charge >= 0.3 is 0 Å². The molecule has 1 fully saturated rings. The molecule has 0 N–H and O–H groups in total. The largest absolute Gasteiger partial charge is 0.309 e. The molecule has 2 heteroatoms. The third-order valence-corrected chi connectivity index (χ3v) is 15.7. The van der Waals surface area contributed by atoms with Gasteiger partial charge in [-0.1, -0.05) is 159 Å². The monoisotopic (exact) mass is 846 g/mol. The lowest BCUT2D eigenvalue weighted by atomic mass is 9.76. The predicted octanol–water partition coefficient (Wildman–Crippen LogP) is 16.8. The molecule has 2 aromatic heterocycles. The zero-order valence-corrected chi connectivity index (χ0v) is 37.2. The Kier molecular flexibility index (Phi) is 8.66. The summed E-state index contributed by atoms with van der Waals surface area (Å²) in [7, 11) is 0. The van der Waals surface area contributed by atoms with E-state index in [2.05, 4.69) is 197 Å². The van der Waals surface area contributed by atoms with Crippen LogP contribution in [0.5, 0.6) is 0 Å². The lowest BCUT2D eigenvalue weighted by Gasteiger charge is -2.28. The average Bonchev–Trinajstić information content (AvgIpc) is 3.88. The molecule has 1 saturated carbocycles. The third-order valence-electron chi connectivity index (χ3n) is 15.7. The third kappa shape index (κ3) is 5.94. The van der Waals surface area contributed by atoms with Crippen molar-refractivity contribution in [2.45, 2.75) is 63.7 Å². The van der Waals surface area contributed by atoms with E-state index in [4.69, 9.17) is 0 Å². The number of hydrogen-bond acceptors (Lipinski definition) is 0. The Morgan fingerprint density at radius 2 is 0.939 bits per heavy atom. The van der Waals surface area contributed by atoms with Gasteiger partial charge < -0.3 is 9.13 Å². The fourth-order valence-electron chi connectivity index (χ4n) is 12.2. The normalized spacial score (nSPS) is 14.7. The van der Waals surface area contributed by atoms with E-state index in [1.54, 1.807) is 5.56 Å². The molecule has 2 heterocycles. The highest BCUT2D eigenvalue weighted by Gasteiger charge is 2.27. The molecule has 0 saturated heterocycles. The van der Waals surface area contributed by atoms with Crippen LogP contribution in [0, 0.1) is 0 Å². The van der Waals surface area contributed by atoms with Crippen LogP contribution in [-0.2, 0) is 25.7 Å². The first-order valence-electron chi connectivity index (χ1n) is 24.4. The molecule has 11 aromatic rings. The lowest BCUT2D eigenvalue weighted by Crippen LogP contribution is -2.10. The quantitative estimate of drug-likeness (QED) is 0.151. The van der Waals surface area contributed by atoms with Crippen LogP contribution in [0.1, 0.15) is 65.8 Å². The highest BCUT2D eigenvalue weighted by molar-refractivity contribution is 6.26. The molecule has 66 heavy (non-hydrogen) atoms. The highest BCUT2D eigenvalue weighted by Crippen LogP contribution is 2.47. The van der Waals surface area contributed by atoms with Gasteiger partial charge in [-0.05, 0) is 165 Å². The van der Waals surface area contributed by atoms with Crippen LogP contribution in [0.15, 0.2) is 188 Å². The standard InChI is InChI=1S/C64H50N2/c1-3-13-41(14-4-1)45-17-11-18-52(38-45)65-60-24-10-8-20-58(60)63-61(65)34-33-57-56-19-7-9-23-59(56)66(64(57)63)53-39-50(48-31-27-42-25-29-46(42)35-48)37-51(40-53)55-22-12-21-54(62(55)44-15-5-2-6-16-44)49-32-28-43-26-30-47(43)36-49/h1,3-4,7-14,17-24,27-28,31-40,44H,2,5-6,15-16,25-26,29-30H2. The van der Waals surface area contributed by atoms with Crippen molar-refractivity contribution in [3.8, 4) is 55.9 Å². The Balaban J connectivity index is 1.06. The number of nitrogens with zero attached hydrogens (tertiary/aromatic N) is 2. The van der Waals surface area contributed by atoms with Crippen molar-refractivity contribution < 1.29 is 0 Å². The number of rotatable bonds is 7. The van der Waals surface area contributed by atoms with E-state index in [0.717, 1.165) is 12.1 Å². The topological polar surface area (TPSA) is 9.86 Å². The summed E-state index contributed by atoms with van der Waals surface area (Å²) < 4.78 is 5.10. The molecule has 2 nitrogen and oxygen atoms in total. The molecular formula is C64H50N2. The van der Waals surface area contributed by atoms with Crippen LogP contribution >= 0.6 is 0 Å². The van der Waals surface area contributed by atoms with E-state index in [1.165, 1.54) is 167 Å². The van der Waals surface area contributed by atoms with E-state index in [0.29, 0.717) is 5.92 Å². The van der Waals surface area contributed by atoms with E-state index < -0.39 is 0 Å². The van der Waals surface area contributed by atoms with Crippen LogP contribution in [-0.4, -0.2) is 9.13 Å². The summed E-state index contributed by atoms with van der Waals surface area (Å²) in [5.74, 6) is 0.527. The van der Waals surface area contributed by atoms with Crippen molar-refractivity contribution in [2.75, 3.05) is 0 Å². The molecular weight excluding hydrogens is 797 g/mol. The smallest absolute Gasteiger partial charge is 0.0641 e. The summed E-state index contributed by atoms with van der Waals surface area (Å²) >= 11 is 0. The minimum atomic E-state index is 0.527. The molecule has 3 aliphatic carbocycles. The maximum atomic E-state index is 2.61. The van der Waals surface area contributed by atoms with Gasteiger partial charge in [0.25, 0.3) is 0 Å². The molecule has 9 aromatic carbocycles. The fourth-order valence-corrected chi connectivity index (χ4v) is 12.2. The fraction of sp³-hybridized carbons (Fsp3) is 0.156.